The predicted molar refractivity (Wildman–Crippen MR) is 67.8 cm³/mol. The van der Waals surface area contributed by atoms with Crippen LogP contribution in [0.5, 0.6) is 0 Å². The average Bonchev–Trinajstić information content (AvgIpc) is 2.41. The van der Waals surface area contributed by atoms with Gasteiger partial charge in [0.05, 0.1) is 16.9 Å². The van der Waals surface area contributed by atoms with Crippen LogP contribution in [0, 0.1) is 5.82 Å². The molecule has 1 aromatic carbocycles. The van der Waals surface area contributed by atoms with Crippen LogP contribution in [-0.2, 0) is 0 Å². The minimum absolute atomic E-state index is 0.0366. The van der Waals surface area contributed by atoms with Crippen molar-refractivity contribution >= 4 is 23.3 Å². The molecule has 0 bridgehead atoms. The Bertz CT molecular complexity index is 656. The third-order valence-electron chi connectivity index (χ3n) is 2.52. The van der Waals surface area contributed by atoms with Gasteiger partial charge in [-0.1, -0.05) is 12.1 Å². The summed E-state index contributed by atoms with van der Waals surface area (Å²) in [5.41, 5.74) is -1.10. The number of carbonyl (C=O) groups is 2. The minimum atomic E-state index is -1.41. The normalized spacial score (nSPS) is 10.1. The van der Waals surface area contributed by atoms with Gasteiger partial charge in [-0.3, -0.25) is 0 Å². The molecule has 1 aromatic heterocycles. The summed E-state index contributed by atoms with van der Waals surface area (Å²) in [6, 6.07) is 6.65. The van der Waals surface area contributed by atoms with Crippen molar-refractivity contribution in [3.8, 4) is 0 Å². The summed E-state index contributed by atoms with van der Waals surface area (Å²) in [7, 11) is 0. The van der Waals surface area contributed by atoms with Crippen molar-refractivity contribution in [3.63, 3.8) is 0 Å². The number of rotatable bonds is 4. The number of carboxylic acids is 2. The molecular weight excluding hydrogens is 267 g/mol. The summed E-state index contributed by atoms with van der Waals surface area (Å²) in [6.07, 6.45) is 1.07. The fourth-order valence-corrected chi connectivity index (χ4v) is 1.63. The first kappa shape index (κ1) is 13.5. The lowest BCUT2D eigenvalue weighted by molar-refractivity contribution is 0.0691. The highest BCUT2D eigenvalue weighted by Gasteiger charge is 2.20. The molecule has 0 saturated carbocycles. The van der Waals surface area contributed by atoms with Gasteiger partial charge in [0.25, 0.3) is 0 Å². The van der Waals surface area contributed by atoms with Crippen molar-refractivity contribution in [2.75, 3.05) is 5.32 Å². The van der Waals surface area contributed by atoms with Gasteiger partial charge in [-0.2, -0.15) is 0 Å². The Hall–Kier alpha value is -2.96. The van der Waals surface area contributed by atoms with Crippen molar-refractivity contribution in [2.45, 2.75) is 0 Å². The van der Waals surface area contributed by atoms with Crippen LogP contribution in [0.25, 0.3) is 0 Å². The van der Waals surface area contributed by atoms with Gasteiger partial charge < -0.3 is 15.5 Å². The summed E-state index contributed by atoms with van der Waals surface area (Å²) >= 11 is 0. The molecule has 3 N–H and O–H groups in total. The van der Waals surface area contributed by atoms with Crippen molar-refractivity contribution in [1.82, 2.24) is 4.98 Å². The monoisotopic (exact) mass is 276 g/mol. The van der Waals surface area contributed by atoms with Crippen molar-refractivity contribution in [1.29, 1.82) is 0 Å². The number of hydrogen-bond donors (Lipinski definition) is 3. The number of anilines is 2. The van der Waals surface area contributed by atoms with Gasteiger partial charge in [-0.15, -0.1) is 0 Å². The van der Waals surface area contributed by atoms with Gasteiger partial charge in [-0.25, -0.2) is 19.0 Å². The number of hydrogen-bond acceptors (Lipinski definition) is 4. The Balaban J connectivity index is 2.57. The number of carboxylic acid groups (broad SMARTS) is 2. The van der Waals surface area contributed by atoms with Crippen LogP contribution in [0.2, 0.25) is 0 Å². The molecule has 0 unspecified atom stereocenters. The lowest BCUT2D eigenvalue weighted by atomic mass is 10.1. The number of para-hydroxylation sites is 1. The van der Waals surface area contributed by atoms with Gasteiger partial charge in [0.2, 0.25) is 0 Å². The molecule has 1 heterocycles. The molecule has 6 nitrogen and oxygen atoms in total. The topological polar surface area (TPSA) is 99.5 Å². The molecule has 102 valence electrons. The quantitative estimate of drug-likeness (QED) is 0.792. The summed E-state index contributed by atoms with van der Waals surface area (Å²) in [5, 5.41) is 20.6. The molecule has 2 aromatic rings. The van der Waals surface area contributed by atoms with Gasteiger partial charge in [0, 0.05) is 6.20 Å². The highest BCUT2D eigenvalue weighted by molar-refractivity contribution is 6.02. The van der Waals surface area contributed by atoms with E-state index >= 15 is 0 Å². The van der Waals surface area contributed by atoms with E-state index in [1.54, 1.807) is 0 Å². The van der Waals surface area contributed by atoms with Crippen LogP contribution >= 0.6 is 0 Å². The fraction of sp³-hybridized carbons (Fsp3) is 0. The predicted octanol–water partition coefficient (Wildman–Crippen LogP) is 2.36. The van der Waals surface area contributed by atoms with Gasteiger partial charge in [-0.05, 0) is 18.2 Å². The maximum absolute atomic E-state index is 13.6. The van der Waals surface area contributed by atoms with Crippen molar-refractivity contribution < 1.29 is 24.2 Å². The molecule has 0 aliphatic heterocycles. The van der Waals surface area contributed by atoms with E-state index in [0.717, 1.165) is 12.3 Å². The second-order valence-corrected chi connectivity index (χ2v) is 3.80. The number of aromatic nitrogens is 1. The zero-order valence-corrected chi connectivity index (χ0v) is 10.0. The molecule has 0 aliphatic rings. The maximum atomic E-state index is 13.6. The molecule has 0 fully saturated rings. The van der Waals surface area contributed by atoms with E-state index in [9.17, 15) is 14.0 Å². The van der Waals surface area contributed by atoms with E-state index in [4.69, 9.17) is 10.2 Å². The second kappa shape index (κ2) is 5.35. The van der Waals surface area contributed by atoms with Crippen LogP contribution in [0.3, 0.4) is 0 Å². The lowest BCUT2D eigenvalue weighted by Crippen LogP contribution is -2.11. The Labute approximate surface area is 112 Å². The number of nitrogens with zero attached hydrogens (tertiary/aromatic N) is 1. The molecule has 0 saturated heterocycles. The zero-order chi connectivity index (χ0) is 14.7. The van der Waals surface area contributed by atoms with Crippen LogP contribution in [0.15, 0.2) is 36.5 Å². The summed E-state index contributed by atoms with van der Waals surface area (Å²) in [5.74, 6) is -3.38. The van der Waals surface area contributed by atoms with Gasteiger partial charge >= 0.3 is 11.9 Å². The van der Waals surface area contributed by atoms with Crippen molar-refractivity contribution in [2.24, 2.45) is 0 Å². The second-order valence-electron chi connectivity index (χ2n) is 3.80. The molecule has 0 spiro atoms. The first-order valence-electron chi connectivity index (χ1n) is 5.48. The van der Waals surface area contributed by atoms with E-state index in [1.807, 2.05) is 0 Å². The number of aromatic carboxylic acids is 2. The third kappa shape index (κ3) is 2.56. The van der Waals surface area contributed by atoms with Crippen LogP contribution in [0.1, 0.15) is 20.8 Å². The molecule has 0 aliphatic carbocycles. The Morgan fingerprint density at radius 3 is 2.40 bits per heavy atom. The Kier molecular flexibility index (Phi) is 3.60. The lowest BCUT2D eigenvalue weighted by Gasteiger charge is -2.12. The average molecular weight is 276 g/mol. The number of halogens is 1. The smallest absolute Gasteiger partial charge is 0.356 e. The molecule has 20 heavy (non-hydrogen) atoms. The molecule has 0 amide bonds. The standard InChI is InChI=1S/C13H9FN2O4/c14-8-3-1-2-4-9(8)16-10-7(12(17)18)5-6-15-11(10)13(19)20/h1-6,16H,(H,17,18)(H,19,20). The summed E-state index contributed by atoms with van der Waals surface area (Å²) in [4.78, 5) is 25.8. The number of pyridine rings is 1. The SMILES string of the molecule is O=C(O)c1ccnc(C(=O)O)c1Nc1ccccc1F. The highest BCUT2D eigenvalue weighted by atomic mass is 19.1. The molecule has 0 radical (unpaired) electrons. The van der Waals surface area contributed by atoms with Crippen molar-refractivity contribution in [3.05, 3.63) is 53.6 Å². The van der Waals surface area contributed by atoms with Crippen LogP contribution in [-0.4, -0.2) is 27.1 Å². The first-order chi connectivity index (χ1) is 9.50. The maximum Gasteiger partial charge on any atom is 0.356 e. The minimum Gasteiger partial charge on any atom is -0.478 e. The number of nitrogens with one attached hydrogen (secondary N) is 1. The Morgan fingerprint density at radius 2 is 1.80 bits per heavy atom. The van der Waals surface area contributed by atoms with E-state index in [-0.39, 0.29) is 16.9 Å². The summed E-state index contributed by atoms with van der Waals surface area (Å²) in [6.45, 7) is 0. The van der Waals surface area contributed by atoms with E-state index in [1.165, 1.54) is 24.3 Å². The molecular formula is C13H9FN2O4. The molecule has 2 rings (SSSR count). The first-order valence-corrected chi connectivity index (χ1v) is 5.48. The highest BCUT2D eigenvalue weighted by Crippen LogP contribution is 2.25. The molecule has 7 heteroatoms. The fourth-order valence-electron chi connectivity index (χ4n) is 1.63. The largest absolute Gasteiger partial charge is 0.478 e. The van der Waals surface area contributed by atoms with Gasteiger partial charge in [0.1, 0.15) is 5.82 Å². The van der Waals surface area contributed by atoms with Gasteiger partial charge in [0.15, 0.2) is 5.69 Å². The zero-order valence-electron chi connectivity index (χ0n) is 10.0. The summed E-state index contributed by atoms with van der Waals surface area (Å²) < 4.78 is 13.6. The van der Waals surface area contributed by atoms with E-state index in [2.05, 4.69) is 10.3 Å². The number of benzene rings is 1. The van der Waals surface area contributed by atoms with E-state index in [0.29, 0.717) is 0 Å². The van der Waals surface area contributed by atoms with Crippen LogP contribution < -0.4 is 5.32 Å². The van der Waals surface area contributed by atoms with Crippen LogP contribution in [0.4, 0.5) is 15.8 Å². The third-order valence-corrected chi connectivity index (χ3v) is 2.52. The van der Waals surface area contributed by atoms with E-state index < -0.39 is 23.4 Å². The Morgan fingerprint density at radius 1 is 1.10 bits per heavy atom. The molecule has 0 atom stereocenters.